The third-order valence-corrected chi connectivity index (χ3v) is 8.86. The number of nitrogens with zero attached hydrogens (tertiary/aromatic N) is 1. The first-order valence-electron chi connectivity index (χ1n) is 19.8. The second kappa shape index (κ2) is 30.8. The predicted molar refractivity (Wildman–Crippen MR) is 190 cm³/mol. The first kappa shape index (κ1) is 45.0. The molecule has 1 fully saturated rings. The second-order valence-electron chi connectivity index (χ2n) is 13.6. The highest BCUT2D eigenvalue weighted by Crippen LogP contribution is 2.15. The molecule has 2 amide bonds. The molecule has 1 heterocycles. The first-order chi connectivity index (χ1) is 24.3. The van der Waals surface area contributed by atoms with Gasteiger partial charge in [-0.3, -0.25) is 24.0 Å². The van der Waals surface area contributed by atoms with Gasteiger partial charge >= 0.3 is 23.9 Å². The normalized spacial score (nSPS) is 13.4. The van der Waals surface area contributed by atoms with Crippen LogP contribution in [0.3, 0.4) is 0 Å². The standard InChI is InChI=1S/C39H67NO10/c1-3-5-7-9-11-13-15-17-19-21-23-25-36(43)47-31-33(49-38(45)26-24-22-20-18-16-14-12-10-8-6-4-2)32-48-37(44)29-30-39(46)50-40-34(41)27-28-35(40)42/h33H,3-32H2,1-2H3/t33-/m0/s1. The number of carbonyl (C=O) groups excluding carboxylic acids is 6. The molecule has 11 heteroatoms. The molecule has 0 bridgehead atoms. The van der Waals surface area contributed by atoms with Crippen molar-refractivity contribution in [2.45, 2.75) is 200 Å². The third-order valence-electron chi connectivity index (χ3n) is 8.86. The van der Waals surface area contributed by atoms with Crippen molar-refractivity contribution in [1.29, 1.82) is 0 Å². The molecule has 1 atom stereocenters. The molecular formula is C39H67NO10. The summed E-state index contributed by atoms with van der Waals surface area (Å²) < 4.78 is 16.1. The highest BCUT2D eigenvalue weighted by atomic mass is 16.7. The Morgan fingerprint density at radius 1 is 0.480 bits per heavy atom. The molecule has 0 aromatic rings. The molecule has 50 heavy (non-hydrogen) atoms. The number of imide groups is 1. The van der Waals surface area contributed by atoms with E-state index in [2.05, 4.69) is 13.8 Å². The van der Waals surface area contributed by atoms with Crippen molar-refractivity contribution in [3.05, 3.63) is 0 Å². The zero-order valence-electron chi connectivity index (χ0n) is 31.3. The lowest BCUT2D eigenvalue weighted by Gasteiger charge is -2.18. The quantitative estimate of drug-likeness (QED) is 0.0281. The zero-order valence-corrected chi connectivity index (χ0v) is 31.3. The molecule has 1 aliphatic heterocycles. The van der Waals surface area contributed by atoms with Crippen LogP contribution in [0.2, 0.25) is 0 Å². The summed E-state index contributed by atoms with van der Waals surface area (Å²) in [5.74, 6) is -3.75. The fourth-order valence-corrected chi connectivity index (χ4v) is 5.75. The van der Waals surface area contributed by atoms with Crippen LogP contribution in [0, 0.1) is 0 Å². The molecule has 0 spiro atoms. The largest absolute Gasteiger partial charge is 0.462 e. The van der Waals surface area contributed by atoms with Crippen molar-refractivity contribution < 1.29 is 47.8 Å². The van der Waals surface area contributed by atoms with Crippen LogP contribution in [0.25, 0.3) is 0 Å². The number of hydroxylamine groups is 2. The van der Waals surface area contributed by atoms with Crippen LogP contribution in [0.5, 0.6) is 0 Å². The maximum absolute atomic E-state index is 12.6. The molecule has 0 unspecified atom stereocenters. The lowest BCUT2D eigenvalue weighted by molar-refractivity contribution is -0.197. The summed E-state index contributed by atoms with van der Waals surface area (Å²) in [4.78, 5) is 77.4. The van der Waals surface area contributed by atoms with Crippen LogP contribution in [0.1, 0.15) is 194 Å². The van der Waals surface area contributed by atoms with Gasteiger partial charge < -0.3 is 19.0 Å². The van der Waals surface area contributed by atoms with Crippen LogP contribution in [0.15, 0.2) is 0 Å². The van der Waals surface area contributed by atoms with Crippen molar-refractivity contribution in [2.24, 2.45) is 0 Å². The van der Waals surface area contributed by atoms with Crippen molar-refractivity contribution in [2.75, 3.05) is 13.2 Å². The smallest absolute Gasteiger partial charge is 0.333 e. The fraction of sp³-hybridized carbons (Fsp3) is 0.846. The van der Waals surface area contributed by atoms with E-state index < -0.39 is 48.2 Å². The van der Waals surface area contributed by atoms with E-state index in [1.807, 2.05) is 0 Å². The maximum atomic E-state index is 12.6. The SMILES string of the molecule is CCCCCCCCCCCCCC(=O)OC[C@@H](COC(=O)CCC(=O)ON1C(=O)CCC1=O)OC(=O)CCCCCCCCCCCCC. The van der Waals surface area contributed by atoms with E-state index in [-0.39, 0.29) is 45.3 Å². The van der Waals surface area contributed by atoms with Gasteiger partial charge in [0.1, 0.15) is 13.2 Å². The Bertz CT molecular complexity index is 953. The molecule has 1 rings (SSSR count). The molecule has 0 N–H and O–H groups in total. The first-order valence-corrected chi connectivity index (χ1v) is 19.8. The minimum absolute atomic E-state index is 0.0304. The van der Waals surface area contributed by atoms with Crippen molar-refractivity contribution >= 4 is 35.7 Å². The highest BCUT2D eigenvalue weighted by Gasteiger charge is 2.33. The van der Waals surface area contributed by atoms with Gasteiger partial charge in [0.05, 0.1) is 12.8 Å². The molecule has 11 nitrogen and oxygen atoms in total. The average molecular weight is 710 g/mol. The number of hydrogen-bond donors (Lipinski definition) is 0. The number of hydrogen-bond acceptors (Lipinski definition) is 10. The monoisotopic (exact) mass is 709 g/mol. The molecule has 0 aromatic heterocycles. The molecule has 0 saturated carbocycles. The Morgan fingerprint density at radius 2 is 0.820 bits per heavy atom. The zero-order chi connectivity index (χ0) is 36.7. The van der Waals surface area contributed by atoms with Crippen molar-refractivity contribution in [3.63, 3.8) is 0 Å². The van der Waals surface area contributed by atoms with Gasteiger partial charge in [-0.1, -0.05) is 142 Å². The van der Waals surface area contributed by atoms with Crippen LogP contribution < -0.4 is 0 Å². The number of rotatable bonds is 33. The average Bonchev–Trinajstić information content (AvgIpc) is 3.41. The number of amides is 2. The Balaban J connectivity index is 2.37. The number of ether oxygens (including phenoxy) is 3. The molecular weight excluding hydrogens is 642 g/mol. The lowest BCUT2D eigenvalue weighted by Crippen LogP contribution is -2.32. The predicted octanol–water partition coefficient (Wildman–Crippen LogP) is 8.77. The molecule has 1 saturated heterocycles. The maximum Gasteiger partial charge on any atom is 0.333 e. The van der Waals surface area contributed by atoms with E-state index in [1.165, 1.54) is 89.9 Å². The Labute approximate surface area is 301 Å². The summed E-state index contributed by atoms with van der Waals surface area (Å²) in [6.07, 6.45) is 24.3. The van der Waals surface area contributed by atoms with E-state index in [4.69, 9.17) is 19.0 Å². The van der Waals surface area contributed by atoms with Gasteiger partial charge in [0.15, 0.2) is 6.10 Å². The van der Waals surface area contributed by atoms with Gasteiger partial charge in [-0.25, -0.2) is 4.79 Å². The van der Waals surface area contributed by atoms with Gasteiger partial charge in [-0.05, 0) is 12.8 Å². The van der Waals surface area contributed by atoms with Crippen molar-refractivity contribution in [1.82, 2.24) is 5.06 Å². The van der Waals surface area contributed by atoms with E-state index in [0.717, 1.165) is 44.9 Å². The Hall–Kier alpha value is -2.98. The molecule has 0 aromatic carbocycles. The van der Waals surface area contributed by atoms with Crippen molar-refractivity contribution in [3.8, 4) is 0 Å². The van der Waals surface area contributed by atoms with E-state index in [1.54, 1.807) is 0 Å². The molecule has 0 radical (unpaired) electrons. The van der Waals surface area contributed by atoms with Gasteiger partial charge in [0, 0.05) is 25.7 Å². The molecule has 0 aliphatic carbocycles. The summed E-state index contributed by atoms with van der Waals surface area (Å²) >= 11 is 0. The van der Waals surface area contributed by atoms with Gasteiger partial charge in [0.25, 0.3) is 11.8 Å². The molecule has 1 aliphatic rings. The fourth-order valence-electron chi connectivity index (χ4n) is 5.75. The minimum atomic E-state index is -0.979. The van der Waals surface area contributed by atoms with Crippen LogP contribution >= 0.6 is 0 Å². The number of carbonyl (C=O) groups is 6. The van der Waals surface area contributed by atoms with E-state index >= 15 is 0 Å². The second-order valence-corrected chi connectivity index (χ2v) is 13.6. The third kappa shape index (κ3) is 25.0. The number of esters is 3. The summed E-state index contributed by atoms with van der Waals surface area (Å²) in [5, 5.41) is 0.420. The van der Waals surface area contributed by atoms with Gasteiger partial charge in [-0.2, -0.15) is 0 Å². The minimum Gasteiger partial charge on any atom is -0.462 e. The summed E-state index contributed by atoms with van der Waals surface area (Å²) in [7, 11) is 0. The number of unbranched alkanes of at least 4 members (excludes halogenated alkanes) is 20. The highest BCUT2D eigenvalue weighted by molar-refractivity contribution is 6.01. The Morgan fingerprint density at radius 3 is 1.24 bits per heavy atom. The Kier molecular flexibility index (Phi) is 27.8. The lowest BCUT2D eigenvalue weighted by atomic mass is 10.1. The molecule has 288 valence electrons. The topological polar surface area (TPSA) is 143 Å². The van der Waals surface area contributed by atoms with E-state index in [0.29, 0.717) is 11.5 Å². The summed E-state index contributed by atoms with van der Waals surface area (Å²) in [6, 6.07) is 0. The van der Waals surface area contributed by atoms with E-state index in [9.17, 15) is 28.8 Å². The summed E-state index contributed by atoms with van der Waals surface area (Å²) in [6.45, 7) is 3.86. The van der Waals surface area contributed by atoms with Gasteiger partial charge in [-0.15, -0.1) is 5.06 Å². The van der Waals surface area contributed by atoms with Crippen LogP contribution in [0.4, 0.5) is 0 Å². The van der Waals surface area contributed by atoms with Crippen LogP contribution in [-0.2, 0) is 47.8 Å². The summed E-state index contributed by atoms with van der Waals surface area (Å²) in [5.41, 5.74) is 0. The van der Waals surface area contributed by atoms with Gasteiger partial charge in [0.2, 0.25) is 0 Å². The van der Waals surface area contributed by atoms with Crippen LogP contribution in [-0.4, -0.2) is 60.1 Å².